The van der Waals surface area contributed by atoms with Gasteiger partial charge in [0.25, 0.3) is 5.91 Å². The molecule has 2 aromatic carbocycles. The smallest absolute Gasteiger partial charge is 0.251 e. The Kier molecular flexibility index (Phi) is 4.55. The molecule has 0 fully saturated rings. The molecule has 0 saturated carbocycles. The lowest BCUT2D eigenvalue weighted by Crippen LogP contribution is -2.27. The molecule has 1 atom stereocenters. The number of amides is 1. The fraction of sp³-hybridized carbons (Fsp3) is 0.188. The molecule has 1 N–H and O–H groups in total. The molecule has 20 heavy (non-hydrogen) atoms. The topological polar surface area (TPSA) is 29.1 Å². The maximum absolute atomic E-state index is 13.2. The van der Waals surface area contributed by atoms with Crippen LogP contribution in [0.2, 0.25) is 0 Å². The number of aryl methyl sites for hydroxylation is 1. The summed E-state index contributed by atoms with van der Waals surface area (Å²) in [6.45, 7) is 3.55. The van der Waals surface area contributed by atoms with Gasteiger partial charge in [0.1, 0.15) is 5.82 Å². The molecule has 0 heterocycles. The molecule has 0 aliphatic rings. The van der Waals surface area contributed by atoms with Gasteiger partial charge in [-0.05, 0) is 49.2 Å². The van der Waals surface area contributed by atoms with Crippen molar-refractivity contribution in [2.45, 2.75) is 19.9 Å². The molecule has 0 saturated heterocycles. The Morgan fingerprint density at radius 3 is 2.60 bits per heavy atom. The van der Waals surface area contributed by atoms with Crippen LogP contribution in [-0.2, 0) is 0 Å². The van der Waals surface area contributed by atoms with Crippen LogP contribution in [0.4, 0.5) is 4.39 Å². The van der Waals surface area contributed by atoms with Crippen LogP contribution in [0.3, 0.4) is 0 Å². The third-order valence-corrected chi connectivity index (χ3v) is 3.86. The van der Waals surface area contributed by atoms with E-state index in [1.54, 1.807) is 13.0 Å². The largest absolute Gasteiger partial charge is 0.345 e. The van der Waals surface area contributed by atoms with Crippen LogP contribution >= 0.6 is 15.9 Å². The Morgan fingerprint density at radius 2 is 1.95 bits per heavy atom. The molecule has 104 valence electrons. The number of hydrogen-bond donors (Lipinski definition) is 1. The lowest BCUT2D eigenvalue weighted by Gasteiger charge is -2.16. The fourth-order valence-corrected chi connectivity index (χ4v) is 2.60. The molecule has 0 spiro atoms. The molecule has 2 aromatic rings. The normalized spacial score (nSPS) is 12.0. The Hall–Kier alpha value is -1.68. The molecule has 2 nitrogen and oxygen atoms in total. The van der Waals surface area contributed by atoms with Crippen molar-refractivity contribution < 1.29 is 9.18 Å². The first-order valence-electron chi connectivity index (χ1n) is 6.30. The van der Waals surface area contributed by atoms with Crippen molar-refractivity contribution in [2.75, 3.05) is 0 Å². The molecular formula is C16H15BrFNO. The third kappa shape index (κ3) is 3.25. The average molecular weight is 336 g/mol. The van der Waals surface area contributed by atoms with E-state index < -0.39 is 0 Å². The molecular weight excluding hydrogens is 321 g/mol. The van der Waals surface area contributed by atoms with E-state index in [0.29, 0.717) is 11.1 Å². The quantitative estimate of drug-likeness (QED) is 0.885. The third-order valence-electron chi connectivity index (χ3n) is 3.14. The summed E-state index contributed by atoms with van der Waals surface area (Å²) in [5.41, 5.74) is 1.92. The first kappa shape index (κ1) is 14.7. The van der Waals surface area contributed by atoms with Crippen molar-refractivity contribution in [1.29, 1.82) is 0 Å². The van der Waals surface area contributed by atoms with Crippen LogP contribution < -0.4 is 5.32 Å². The second kappa shape index (κ2) is 6.18. The SMILES string of the molecule is Cc1cc(C(=O)NC(C)c2ccccc2Br)ccc1F. The van der Waals surface area contributed by atoms with Gasteiger partial charge in [-0.25, -0.2) is 4.39 Å². The van der Waals surface area contributed by atoms with E-state index in [4.69, 9.17) is 0 Å². The standard InChI is InChI=1S/C16H15BrFNO/c1-10-9-12(7-8-15(10)18)16(20)19-11(2)13-5-3-4-6-14(13)17/h3-9,11H,1-2H3,(H,19,20). The van der Waals surface area contributed by atoms with Gasteiger partial charge in [-0.1, -0.05) is 34.1 Å². The highest BCUT2D eigenvalue weighted by atomic mass is 79.9. The van der Waals surface area contributed by atoms with Gasteiger partial charge in [0.05, 0.1) is 6.04 Å². The first-order valence-corrected chi connectivity index (χ1v) is 7.10. The number of carbonyl (C=O) groups excluding carboxylic acids is 1. The van der Waals surface area contributed by atoms with Gasteiger partial charge in [0, 0.05) is 10.0 Å². The maximum Gasteiger partial charge on any atom is 0.251 e. The van der Waals surface area contributed by atoms with Crippen molar-refractivity contribution in [3.8, 4) is 0 Å². The van der Waals surface area contributed by atoms with Crippen molar-refractivity contribution in [3.63, 3.8) is 0 Å². The van der Waals surface area contributed by atoms with Crippen LogP contribution in [0.25, 0.3) is 0 Å². The van der Waals surface area contributed by atoms with Gasteiger partial charge in [-0.15, -0.1) is 0 Å². The fourth-order valence-electron chi connectivity index (χ4n) is 1.97. The zero-order valence-electron chi connectivity index (χ0n) is 11.3. The first-order chi connectivity index (χ1) is 9.49. The van der Waals surface area contributed by atoms with Crippen molar-refractivity contribution in [2.24, 2.45) is 0 Å². The summed E-state index contributed by atoms with van der Waals surface area (Å²) in [5.74, 6) is -0.517. The van der Waals surface area contributed by atoms with E-state index in [-0.39, 0.29) is 17.8 Å². The van der Waals surface area contributed by atoms with E-state index in [9.17, 15) is 9.18 Å². The lowest BCUT2D eigenvalue weighted by atomic mass is 10.1. The summed E-state index contributed by atoms with van der Waals surface area (Å²) < 4.78 is 14.2. The van der Waals surface area contributed by atoms with Crippen LogP contribution in [0.15, 0.2) is 46.9 Å². The van der Waals surface area contributed by atoms with Crippen LogP contribution in [-0.4, -0.2) is 5.91 Å². The zero-order valence-corrected chi connectivity index (χ0v) is 12.9. The van der Waals surface area contributed by atoms with E-state index in [2.05, 4.69) is 21.2 Å². The van der Waals surface area contributed by atoms with E-state index in [1.165, 1.54) is 12.1 Å². The van der Waals surface area contributed by atoms with Crippen LogP contribution in [0.1, 0.15) is 34.5 Å². The summed E-state index contributed by atoms with van der Waals surface area (Å²) in [7, 11) is 0. The molecule has 0 bridgehead atoms. The van der Waals surface area contributed by atoms with Gasteiger partial charge in [0.15, 0.2) is 0 Å². The highest BCUT2D eigenvalue weighted by Crippen LogP contribution is 2.23. The van der Waals surface area contributed by atoms with Gasteiger partial charge in [-0.2, -0.15) is 0 Å². The number of rotatable bonds is 3. The Labute approximate surface area is 126 Å². The van der Waals surface area contributed by atoms with Gasteiger partial charge >= 0.3 is 0 Å². The van der Waals surface area contributed by atoms with E-state index in [0.717, 1.165) is 10.0 Å². The minimum atomic E-state index is -0.305. The minimum Gasteiger partial charge on any atom is -0.345 e. The van der Waals surface area contributed by atoms with Crippen molar-refractivity contribution >= 4 is 21.8 Å². The average Bonchev–Trinajstić information content (AvgIpc) is 2.42. The summed E-state index contributed by atoms with van der Waals surface area (Å²) in [6.07, 6.45) is 0. The van der Waals surface area contributed by atoms with Crippen LogP contribution in [0.5, 0.6) is 0 Å². The highest BCUT2D eigenvalue weighted by Gasteiger charge is 2.14. The summed E-state index contributed by atoms with van der Waals surface area (Å²) >= 11 is 3.46. The number of carbonyl (C=O) groups is 1. The van der Waals surface area contributed by atoms with Crippen LogP contribution in [0, 0.1) is 12.7 Å². The van der Waals surface area contributed by atoms with Gasteiger partial charge in [-0.3, -0.25) is 4.79 Å². The second-order valence-electron chi connectivity index (χ2n) is 4.68. The molecule has 4 heteroatoms. The summed E-state index contributed by atoms with van der Waals surface area (Å²) in [4.78, 5) is 12.2. The summed E-state index contributed by atoms with van der Waals surface area (Å²) in [5, 5.41) is 2.91. The maximum atomic E-state index is 13.2. The lowest BCUT2D eigenvalue weighted by molar-refractivity contribution is 0.0939. The molecule has 0 aromatic heterocycles. The molecule has 0 aliphatic carbocycles. The van der Waals surface area contributed by atoms with Crippen molar-refractivity contribution in [1.82, 2.24) is 5.32 Å². The number of benzene rings is 2. The molecule has 1 unspecified atom stereocenters. The zero-order chi connectivity index (χ0) is 14.7. The van der Waals surface area contributed by atoms with Gasteiger partial charge in [0.2, 0.25) is 0 Å². The molecule has 0 aliphatic heterocycles. The molecule has 1 amide bonds. The predicted octanol–water partition coefficient (Wildman–Crippen LogP) is 4.39. The second-order valence-corrected chi connectivity index (χ2v) is 5.53. The van der Waals surface area contributed by atoms with E-state index in [1.807, 2.05) is 31.2 Å². The van der Waals surface area contributed by atoms with Gasteiger partial charge < -0.3 is 5.32 Å². The highest BCUT2D eigenvalue weighted by molar-refractivity contribution is 9.10. The van der Waals surface area contributed by atoms with Crippen molar-refractivity contribution in [3.05, 3.63) is 69.4 Å². The summed E-state index contributed by atoms with van der Waals surface area (Å²) in [6, 6.07) is 11.9. The predicted molar refractivity (Wildman–Crippen MR) is 81.2 cm³/mol. The Balaban J connectivity index is 2.15. The number of nitrogens with one attached hydrogen (secondary N) is 1. The Morgan fingerprint density at radius 1 is 1.25 bits per heavy atom. The monoisotopic (exact) mass is 335 g/mol. The molecule has 2 rings (SSSR count). The number of halogens is 2. The van der Waals surface area contributed by atoms with E-state index >= 15 is 0 Å². The number of hydrogen-bond acceptors (Lipinski definition) is 1. The molecule has 0 radical (unpaired) electrons. The Bertz CT molecular complexity index is 642. The minimum absolute atomic E-state index is 0.136.